The fourth-order valence-electron chi connectivity index (χ4n) is 2.42. The Bertz CT molecular complexity index is 559. The van der Waals surface area contributed by atoms with E-state index >= 15 is 0 Å². The summed E-state index contributed by atoms with van der Waals surface area (Å²) in [5.41, 5.74) is 1.05. The Morgan fingerprint density at radius 2 is 2.22 bits per heavy atom. The molecule has 128 valence electrons. The zero-order chi connectivity index (χ0) is 16.0. The second-order valence-electron chi connectivity index (χ2n) is 5.80. The van der Waals surface area contributed by atoms with Crippen LogP contribution in [0.1, 0.15) is 19.4 Å². The van der Waals surface area contributed by atoms with E-state index in [1.165, 1.54) is 5.56 Å². The van der Waals surface area contributed by atoms with Crippen molar-refractivity contribution < 1.29 is 9.47 Å². The molecule has 1 heterocycles. The van der Waals surface area contributed by atoms with Crippen LogP contribution in [0.5, 0.6) is 11.5 Å². The number of nitrogens with zero attached hydrogens (tertiary/aromatic N) is 1. The van der Waals surface area contributed by atoms with Gasteiger partial charge in [-0.2, -0.15) is 0 Å². The van der Waals surface area contributed by atoms with E-state index < -0.39 is 0 Å². The first-order chi connectivity index (χ1) is 10.6. The van der Waals surface area contributed by atoms with Gasteiger partial charge in [0.15, 0.2) is 17.5 Å². The fraction of sp³-hybridized carbons (Fsp3) is 0.471. The molecule has 2 N–H and O–H groups in total. The average Bonchev–Trinajstić information content (AvgIpc) is 2.81. The Morgan fingerprint density at radius 3 is 2.91 bits per heavy atom. The van der Waals surface area contributed by atoms with Crippen LogP contribution in [0.3, 0.4) is 0 Å². The SMILES string of the molecule is C=CCNC(=NC)NCCOc1cccc2c1OC(C)(C)C2.I. The van der Waals surface area contributed by atoms with Crippen molar-refractivity contribution in [2.75, 3.05) is 26.7 Å². The Morgan fingerprint density at radius 1 is 1.43 bits per heavy atom. The minimum Gasteiger partial charge on any atom is -0.488 e. The van der Waals surface area contributed by atoms with Crippen LogP contribution in [0.25, 0.3) is 0 Å². The molecule has 0 spiro atoms. The Labute approximate surface area is 155 Å². The molecule has 0 atom stereocenters. The maximum absolute atomic E-state index is 5.99. The van der Waals surface area contributed by atoms with Gasteiger partial charge >= 0.3 is 0 Å². The summed E-state index contributed by atoms with van der Waals surface area (Å²) in [7, 11) is 1.74. The summed E-state index contributed by atoms with van der Waals surface area (Å²) in [6.07, 6.45) is 2.70. The van der Waals surface area contributed by atoms with Crippen LogP contribution in [-0.4, -0.2) is 38.3 Å². The summed E-state index contributed by atoms with van der Waals surface area (Å²) in [5.74, 6) is 2.42. The number of aliphatic imine (C=N–C) groups is 1. The van der Waals surface area contributed by atoms with Gasteiger partial charge in [-0.15, -0.1) is 30.6 Å². The topological polar surface area (TPSA) is 54.9 Å². The molecule has 0 saturated heterocycles. The second kappa shape index (κ2) is 9.00. The quantitative estimate of drug-likeness (QED) is 0.239. The smallest absolute Gasteiger partial charge is 0.191 e. The molecule has 0 amide bonds. The third kappa shape index (κ3) is 5.60. The van der Waals surface area contributed by atoms with Crippen molar-refractivity contribution in [3.63, 3.8) is 0 Å². The number of para-hydroxylation sites is 1. The summed E-state index contributed by atoms with van der Waals surface area (Å²) in [5, 5.41) is 6.29. The Hall–Kier alpha value is -1.44. The highest BCUT2D eigenvalue weighted by Gasteiger charge is 2.32. The molecule has 6 heteroatoms. The highest BCUT2D eigenvalue weighted by Crippen LogP contribution is 2.41. The molecule has 1 aliphatic rings. The number of hydrogen-bond donors (Lipinski definition) is 2. The fourth-order valence-corrected chi connectivity index (χ4v) is 2.42. The van der Waals surface area contributed by atoms with Crippen LogP contribution >= 0.6 is 24.0 Å². The lowest BCUT2D eigenvalue weighted by Gasteiger charge is -2.18. The molecule has 2 rings (SSSR count). The first kappa shape index (κ1) is 19.6. The van der Waals surface area contributed by atoms with Gasteiger partial charge in [-0.05, 0) is 19.9 Å². The van der Waals surface area contributed by atoms with Crippen molar-refractivity contribution in [2.45, 2.75) is 25.9 Å². The molecule has 1 aromatic carbocycles. The summed E-state index contributed by atoms with van der Waals surface area (Å²) in [4.78, 5) is 4.11. The minimum absolute atomic E-state index is 0. The van der Waals surface area contributed by atoms with E-state index in [1.807, 2.05) is 12.1 Å². The van der Waals surface area contributed by atoms with Crippen molar-refractivity contribution in [3.8, 4) is 11.5 Å². The standard InChI is InChI=1S/C17H25N3O2.HI/c1-5-9-19-16(18-4)20-10-11-21-14-8-6-7-13-12-17(2,3)22-15(13)14;/h5-8H,1,9-12H2,2-4H3,(H2,18,19,20);1H. The molecule has 0 fully saturated rings. The number of nitrogens with one attached hydrogen (secondary N) is 2. The molecule has 0 aromatic heterocycles. The van der Waals surface area contributed by atoms with Gasteiger partial charge in [0, 0.05) is 25.6 Å². The number of guanidine groups is 1. The highest BCUT2D eigenvalue weighted by atomic mass is 127. The van der Waals surface area contributed by atoms with Gasteiger partial charge in [0.25, 0.3) is 0 Å². The zero-order valence-corrected chi connectivity index (χ0v) is 16.3. The third-order valence-corrected chi connectivity index (χ3v) is 3.34. The van der Waals surface area contributed by atoms with Crippen molar-refractivity contribution in [2.24, 2.45) is 4.99 Å². The van der Waals surface area contributed by atoms with Crippen LogP contribution in [0.15, 0.2) is 35.8 Å². The molecule has 0 unspecified atom stereocenters. The third-order valence-electron chi connectivity index (χ3n) is 3.34. The molecule has 23 heavy (non-hydrogen) atoms. The van der Waals surface area contributed by atoms with Gasteiger partial charge in [-0.3, -0.25) is 4.99 Å². The molecule has 5 nitrogen and oxygen atoms in total. The molecule has 1 aromatic rings. The van der Waals surface area contributed by atoms with E-state index in [0.717, 1.165) is 23.9 Å². The molecule has 0 radical (unpaired) electrons. The van der Waals surface area contributed by atoms with Crippen LogP contribution in [-0.2, 0) is 6.42 Å². The lowest BCUT2D eigenvalue weighted by molar-refractivity contribution is 0.132. The predicted octanol–water partition coefficient (Wildman–Crippen LogP) is 2.75. The van der Waals surface area contributed by atoms with Gasteiger partial charge in [-0.1, -0.05) is 18.2 Å². The molecule has 0 bridgehead atoms. The van der Waals surface area contributed by atoms with Crippen molar-refractivity contribution >= 4 is 29.9 Å². The Balaban J connectivity index is 0.00000264. The first-order valence-electron chi connectivity index (χ1n) is 7.55. The minimum atomic E-state index is -0.156. The van der Waals surface area contributed by atoms with Crippen LogP contribution in [0.2, 0.25) is 0 Å². The summed E-state index contributed by atoms with van der Waals surface area (Å²) < 4.78 is 11.8. The predicted molar refractivity (Wildman–Crippen MR) is 105 cm³/mol. The average molecular weight is 431 g/mol. The van der Waals surface area contributed by atoms with E-state index in [-0.39, 0.29) is 29.6 Å². The van der Waals surface area contributed by atoms with E-state index in [4.69, 9.17) is 9.47 Å². The van der Waals surface area contributed by atoms with Gasteiger partial charge in [-0.25, -0.2) is 0 Å². The maximum Gasteiger partial charge on any atom is 0.191 e. The summed E-state index contributed by atoms with van der Waals surface area (Å²) in [6.45, 7) is 9.72. The normalized spacial score (nSPS) is 15.0. The molecule has 0 saturated carbocycles. The summed E-state index contributed by atoms with van der Waals surface area (Å²) >= 11 is 0. The number of hydrogen-bond acceptors (Lipinski definition) is 3. The molecular formula is C17H26IN3O2. The van der Waals surface area contributed by atoms with E-state index in [2.05, 4.69) is 42.1 Å². The van der Waals surface area contributed by atoms with E-state index in [0.29, 0.717) is 19.7 Å². The number of ether oxygens (including phenoxy) is 2. The van der Waals surface area contributed by atoms with E-state index in [1.54, 1.807) is 13.1 Å². The van der Waals surface area contributed by atoms with E-state index in [9.17, 15) is 0 Å². The number of halogens is 1. The van der Waals surface area contributed by atoms with Crippen molar-refractivity contribution in [1.82, 2.24) is 10.6 Å². The monoisotopic (exact) mass is 431 g/mol. The largest absolute Gasteiger partial charge is 0.488 e. The van der Waals surface area contributed by atoms with Gasteiger partial charge < -0.3 is 20.1 Å². The number of rotatable bonds is 6. The number of benzene rings is 1. The zero-order valence-electron chi connectivity index (χ0n) is 14.0. The molecular weight excluding hydrogens is 405 g/mol. The lowest BCUT2D eigenvalue weighted by Crippen LogP contribution is -2.39. The van der Waals surface area contributed by atoms with Crippen LogP contribution in [0, 0.1) is 0 Å². The second-order valence-corrected chi connectivity index (χ2v) is 5.80. The lowest BCUT2D eigenvalue weighted by atomic mass is 10.0. The van der Waals surface area contributed by atoms with Crippen LogP contribution in [0.4, 0.5) is 0 Å². The maximum atomic E-state index is 5.99. The summed E-state index contributed by atoms with van der Waals surface area (Å²) in [6, 6.07) is 6.05. The molecule has 1 aliphatic heterocycles. The van der Waals surface area contributed by atoms with Gasteiger partial charge in [0.05, 0.1) is 6.54 Å². The van der Waals surface area contributed by atoms with Crippen LogP contribution < -0.4 is 20.1 Å². The van der Waals surface area contributed by atoms with Gasteiger partial charge in [0.2, 0.25) is 0 Å². The first-order valence-corrected chi connectivity index (χ1v) is 7.55. The highest BCUT2D eigenvalue weighted by molar-refractivity contribution is 14.0. The van der Waals surface area contributed by atoms with Gasteiger partial charge in [0.1, 0.15) is 12.2 Å². The molecule has 0 aliphatic carbocycles. The van der Waals surface area contributed by atoms with Crippen molar-refractivity contribution in [1.29, 1.82) is 0 Å². The Kier molecular flexibility index (Phi) is 7.67. The van der Waals surface area contributed by atoms with Crippen molar-refractivity contribution in [3.05, 3.63) is 36.4 Å². The number of fused-ring (bicyclic) bond motifs is 1.